The normalized spacial score (nSPS) is 15.4. The van der Waals surface area contributed by atoms with Crippen molar-refractivity contribution in [1.29, 1.82) is 5.41 Å². The van der Waals surface area contributed by atoms with Gasteiger partial charge in [0.05, 0.1) is 34.9 Å². The standard InChI is InChI=1S/C22H18ClN5OS/c1-12(21-25-15-4-2-3-5-16(15)26-21)28-10-18(29)19(20(28)24)22-27-17(11-30-22)13-6-8-14(23)9-7-13/h2-9,11-12,24,29H,10H2,1H3,(H,25,26)/t12-/m0/s1. The van der Waals surface area contributed by atoms with Gasteiger partial charge in [0.25, 0.3) is 0 Å². The van der Waals surface area contributed by atoms with Crippen molar-refractivity contribution in [2.75, 3.05) is 6.54 Å². The van der Waals surface area contributed by atoms with Crippen LogP contribution in [0.2, 0.25) is 5.02 Å². The molecule has 0 unspecified atom stereocenters. The third-order valence-corrected chi connectivity index (χ3v) is 6.37. The summed E-state index contributed by atoms with van der Waals surface area (Å²) in [5.41, 5.74) is 4.05. The number of aliphatic hydroxyl groups excluding tert-OH is 1. The summed E-state index contributed by atoms with van der Waals surface area (Å²) in [6.45, 7) is 2.23. The van der Waals surface area contributed by atoms with Crippen molar-refractivity contribution < 1.29 is 5.11 Å². The Kier molecular flexibility index (Phi) is 4.56. The number of thiazole rings is 1. The first-order chi connectivity index (χ1) is 14.5. The number of nitrogens with zero attached hydrogens (tertiary/aromatic N) is 3. The zero-order valence-electron chi connectivity index (χ0n) is 16.1. The highest BCUT2D eigenvalue weighted by Crippen LogP contribution is 2.35. The molecule has 0 fully saturated rings. The maximum absolute atomic E-state index is 10.7. The Bertz CT molecular complexity index is 1260. The first-order valence-electron chi connectivity index (χ1n) is 9.45. The van der Waals surface area contributed by atoms with Crippen LogP contribution in [-0.2, 0) is 0 Å². The molecule has 30 heavy (non-hydrogen) atoms. The Morgan fingerprint density at radius 3 is 2.70 bits per heavy atom. The molecule has 1 aliphatic rings. The number of hydrogen-bond acceptors (Lipinski definition) is 5. The van der Waals surface area contributed by atoms with E-state index in [0.29, 0.717) is 15.6 Å². The first-order valence-corrected chi connectivity index (χ1v) is 10.7. The van der Waals surface area contributed by atoms with Gasteiger partial charge in [0.2, 0.25) is 0 Å². The summed E-state index contributed by atoms with van der Waals surface area (Å²) in [5.74, 6) is 1.16. The molecule has 2 aromatic heterocycles. The van der Waals surface area contributed by atoms with Gasteiger partial charge in [0, 0.05) is 16.0 Å². The molecular formula is C22H18ClN5OS. The maximum Gasteiger partial charge on any atom is 0.135 e. The lowest BCUT2D eigenvalue weighted by Crippen LogP contribution is -2.30. The van der Waals surface area contributed by atoms with Crippen LogP contribution in [0.25, 0.3) is 27.9 Å². The fourth-order valence-corrected chi connectivity index (χ4v) is 4.64. The van der Waals surface area contributed by atoms with Gasteiger partial charge in [0.15, 0.2) is 0 Å². The average molecular weight is 436 g/mol. The number of benzene rings is 2. The summed E-state index contributed by atoms with van der Waals surface area (Å²) in [5, 5.41) is 22.6. The summed E-state index contributed by atoms with van der Waals surface area (Å²) >= 11 is 7.38. The maximum atomic E-state index is 10.7. The van der Waals surface area contributed by atoms with Crippen molar-refractivity contribution in [3.05, 3.63) is 75.5 Å². The molecular weight excluding hydrogens is 418 g/mol. The number of H-pyrrole nitrogens is 1. The summed E-state index contributed by atoms with van der Waals surface area (Å²) in [4.78, 5) is 14.5. The Labute approximate surface area is 182 Å². The van der Waals surface area contributed by atoms with Crippen LogP contribution in [0, 0.1) is 5.41 Å². The van der Waals surface area contributed by atoms with Gasteiger partial charge in [-0.3, -0.25) is 5.41 Å². The van der Waals surface area contributed by atoms with Gasteiger partial charge in [-0.05, 0) is 31.2 Å². The van der Waals surface area contributed by atoms with Gasteiger partial charge in [-0.25, -0.2) is 9.97 Å². The molecule has 8 heteroatoms. The summed E-state index contributed by atoms with van der Waals surface area (Å²) in [6.07, 6.45) is 0. The smallest absolute Gasteiger partial charge is 0.135 e. The molecule has 0 radical (unpaired) electrons. The first kappa shape index (κ1) is 18.8. The highest BCUT2D eigenvalue weighted by Gasteiger charge is 2.34. The number of amidine groups is 1. The molecule has 0 aliphatic carbocycles. The van der Waals surface area contributed by atoms with E-state index < -0.39 is 0 Å². The lowest BCUT2D eigenvalue weighted by atomic mass is 10.2. The minimum Gasteiger partial charge on any atom is -0.510 e. The van der Waals surface area contributed by atoms with E-state index in [1.165, 1.54) is 11.3 Å². The molecule has 150 valence electrons. The summed E-state index contributed by atoms with van der Waals surface area (Å²) in [7, 11) is 0. The lowest BCUT2D eigenvalue weighted by Gasteiger charge is -2.24. The average Bonchev–Trinajstić information content (AvgIpc) is 3.45. The molecule has 0 amide bonds. The van der Waals surface area contributed by atoms with Gasteiger partial charge in [-0.1, -0.05) is 35.9 Å². The molecule has 1 aliphatic heterocycles. The van der Waals surface area contributed by atoms with Gasteiger partial charge in [-0.2, -0.15) is 0 Å². The second kappa shape index (κ2) is 7.27. The van der Waals surface area contributed by atoms with E-state index in [1.807, 2.05) is 65.7 Å². The number of hydrogen-bond donors (Lipinski definition) is 3. The monoisotopic (exact) mass is 435 g/mol. The lowest BCUT2D eigenvalue weighted by molar-refractivity contribution is 0.304. The quantitative estimate of drug-likeness (QED) is 0.385. The second-order valence-electron chi connectivity index (χ2n) is 7.16. The topological polar surface area (TPSA) is 88.9 Å². The number of aliphatic hydroxyl groups is 1. The minimum atomic E-state index is -0.194. The van der Waals surface area contributed by atoms with Crippen molar-refractivity contribution >= 4 is 45.4 Å². The van der Waals surface area contributed by atoms with Crippen LogP contribution in [0.5, 0.6) is 0 Å². The number of nitrogens with one attached hydrogen (secondary N) is 2. The number of aromatic nitrogens is 3. The van der Waals surface area contributed by atoms with Crippen LogP contribution in [0.15, 0.2) is 59.7 Å². The molecule has 1 atom stereocenters. The fraction of sp³-hybridized carbons (Fsp3) is 0.136. The molecule has 3 heterocycles. The number of imidazole rings is 1. The Morgan fingerprint density at radius 2 is 1.93 bits per heavy atom. The number of para-hydroxylation sites is 2. The van der Waals surface area contributed by atoms with Crippen LogP contribution in [0.1, 0.15) is 23.8 Å². The number of aromatic amines is 1. The molecule has 5 rings (SSSR count). The van der Waals surface area contributed by atoms with Gasteiger partial charge >= 0.3 is 0 Å². The minimum absolute atomic E-state index is 0.153. The molecule has 4 aromatic rings. The van der Waals surface area contributed by atoms with Crippen LogP contribution >= 0.6 is 22.9 Å². The molecule has 0 spiro atoms. The number of fused-ring (bicyclic) bond motifs is 1. The van der Waals surface area contributed by atoms with Crippen molar-refractivity contribution in [3.63, 3.8) is 0 Å². The van der Waals surface area contributed by atoms with Gasteiger partial charge in [-0.15, -0.1) is 11.3 Å². The predicted octanol–water partition coefficient (Wildman–Crippen LogP) is 5.66. The van der Waals surface area contributed by atoms with E-state index >= 15 is 0 Å². The number of rotatable bonds is 4. The molecule has 2 aromatic carbocycles. The second-order valence-corrected chi connectivity index (χ2v) is 8.45. The van der Waals surface area contributed by atoms with Crippen LogP contribution in [0.3, 0.4) is 0 Å². The summed E-state index contributed by atoms with van der Waals surface area (Å²) in [6, 6.07) is 15.1. The van der Waals surface area contributed by atoms with E-state index in [4.69, 9.17) is 17.0 Å². The summed E-state index contributed by atoms with van der Waals surface area (Å²) < 4.78 is 0. The van der Waals surface area contributed by atoms with Crippen molar-refractivity contribution in [3.8, 4) is 11.3 Å². The van der Waals surface area contributed by atoms with E-state index in [1.54, 1.807) is 0 Å². The predicted molar refractivity (Wildman–Crippen MR) is 121 cm³/mol. The fourth-order valence-electron chi connectivity index (χ4n) is 3.61. The van der Waals surface area contributed by atoms with Gasteiger partial charge in [0.1, 0.15) is 22.4 Å². The third-order valence-electron chi connectivity index (χ3n) is 5.26. The Morgan fingerprint density at radius 1 is 1.17 bits per heavy atom. The van der Waals surface area contributed by atoms with E-state index in [2.05, 4.69) is 15.0 Å². The Hall–Kier alpha value is -3.16. The van der Waals surface area contributed by atoms with Crippen LogP contribution in [0.4, 0.5) is 0 Å². The molecule has 6 nitrogen and oxygen atoms in total. The highest BCUT2D eigenvalue weighted by atomic mass is 35.5. The third kappa shape index (κ3) is 3.16. The van der Waals surface area contributed by atoms with Crippen molar-refractivity contribution in [1.82, 2.24) is 19.9 Å². The number of halogens is 1. The SMILES string of the molecule is C[C@@H](c1nc2ccccc2[nH]1)N1CC(O)=C(c2nc(-c3ccc(Cl)cc3)cs2)C1=N. The van der Waals surface area contributed by atoms with E-state index in [-0.39, 0.29) is 24.2 Å². The molecule has 3 N–H and O–H groups in total. The van der Waals surface area contributed by atoms with Crippen LogP contribution < -0.4 is 0 Å². The Balaban J connectivity index is 1.42. The zero-order valence-corrected chi connectivity index (χ0v) is 17.6. The molecule has 0 bridgehead atoms. The zero-order chi connectivity index (χ0) is 20.8. The van der Waals surface area contributed by atoms with Crippen LogP contribution in [-0.4, -0.2) is 37.3 Å². The van der Waals surface area contributed by atoms with E-state index in [9.17, 15) is 5.11 Å². The van der Waals surface area contributed by atoms with E-state index in [0.717, 1.165) is 28.1 Å². The van der Waals surface area contributed by atoms with Crippen molar-refractivity contribution in [2.45, 2.75) is 13.0 Å². The highest BCUT2D eigenvalue weighted by molar-refractivity contribution is 7.11. The molecule has 0 saturated carbocycles. The van der Waals surface area contributed by atoms with Gasteiger partial charge < -0.3 is 15.0 Å². The van der Waals surface area contributed by atoms with Crippen molar-refractivity contribution in [2.24, 2.45) is 0 Å². The largest absolute Gasteiger partial charge is 0.510 e. The molecule has 0 saturated heterocycles.